The van der Waals surface area contributed by atoms with E-state index >= 15 is 0 Å². The van der Waals surface area contributed by atoms with E-state index in [0.717, 1.165) is 30.1 Å². The Kier molecular flexibility index (Phi) is 4.23. The fraction of sp³-hybridized carbons (Fsp3) is 0.267. The molecule has 4 heteroatoms. The summed E-state index contributed by atoms with van der Waals surface area (Å²) in [5.74, 6) is 1.63. The number of aryl methyl sites for hydroxylation is 1. The molecule has 0 saturated heterocycles. The molecule has 2 aromatic rings. The summed E-state index contributed by atoms with van der Waals surface area (Å²) in [7, 11) is 1.67. The topological polar surface area (TPSA) is 60.2 Å². The van der Waals surface area contributed by atoms with Crippen LogP contribution in [-0.2, 0) is 6.42 Å². The van der Waals surface area contributed by atoms with Gasteiger partial charge in [0.25, 0.3) is 0 Å². The number of nitrogens with two attached hydrogens (primary N) is 1. The highest BCUT2D eigenvalue weighted by Gasteiger charge is 2.00. The molecule has 0 atom stereocenters. The zero-order valence-corrected chi connectivity index (χ0v) is 11.3. The number of ether oxygens (including phenoxy) is 1. The molecule has 3 N–H and O–H groups in total. The van der Waals surface area contributed by atoms with Crippen molar-refractivity contribution in [3.63, 3.8) is 0 Å². The minimum absolute atomic E-state index is 0.690. The second-order valence-corrected chi connectivity index (χ2v) is 4.48. The van der Waals surface area contributed by atoms with Gasteiger partial charge in [0.2, 0.25) is 0 Å². The molecule has 1 heterocycles. The minimum atomic E-state index is 0.690. The SMILES string of the molecule is COc1ccc(CCNc2ncc(C)cc2N)cc1. The summed E-state index contributed by atoms with van der Waals surface area (Å²) in [6.45, 7) is 2.77. The third-order valence-corrected chi connectivity index (χ3v) is 2.92. The zero-order valence-electron chi connectivity index (χ0n) is 11.3. The number of nitrogens with one attached hydrogen (secondary N) is 1. The lowest BCUT2D eigenvalue weighted by Gasteiger charge is -2.09. The molecule has 0 bridgehead atoms. The molecule has 0 aliphatic rings. The van der Waals surface area contributed by atoms with E-state index in [1.807, 2.05) is 31.3 Å². The van der Waals surface area contributed by atoms with Crippen molar-refractivity contribution in [2.24, 2.45) is 0 Å². The van der Waals surface area contributed by atoms with Gasteiger partial charge in [0.1, 0.15) is 11.6 Å². The van der Waals surface area contributed by atoms with Crippen LogP contribution in [0.25, 0.3) is 0 Å². The predicted molar refractivity (Wildman–Crippen MR) is 78.6 cm³/mol. The van der Waals surface area contributed by atoms with Crippen molar-refractivity contribution in [2.45, 2.75) is 13.3 Å². The number of methoxy groups -OCH3 is 1. The van der Waals surface area contributed by atoms with Gasteiger partial charge < -0.3 is 15.8 Å². The van der Waals surface area contributed by atoms with Gasteiger partial charge in [-0.25, -0.2) is 4.98 Å². The third kappa shape index (κ3) is 3.61. The fourth-order valence-corrected chi connectivity index (χ4v) is 1.86. The van der Waals surface area contributed by atoms with Crippen molar-refractivity contribution in [1.82, 2.24) is 4.98 Å². The van der Waals surface area contributed by atoms with E-state index in [1.54, 1.807) is 7.11 Å². The van der Waals surface area contributed by atoms with Gasteiger partial charge in [0, 0.05) is 12.7 Å². The highest BCUT2D eigenvalue weighted by molar-refractivity contribution is 5.61. The van der Waals surface area contributed by atoms with Crippen LogP contribution in [0.2, 0.25) is 0 Å². The van der Waals surface area contributed by atoms with Crippen molar-refractivity contribution < 1.29 is 4.74 Å². The lowest BCUT2D eigenvalue weighted by atomic mass is 10.1. The number of pyridine rings is 1. The number of nitrogen functional groups attached to an aromatic ring is 1. The summed E-state index contributed by atoms with van der Waals surface area (Å²) in [6, 6.07) is 9.98. The van der Waals surface area contributed by atoms with Gasteiger partial charge in [0.15, 0.2) is 0 Å². The summed E-state index contributed by atoms with van der Waals surface area (Å²) in [4.78, 5) is 4.28. The van der Waals surface area contributed by atoms with Crippen molar-refractivity contribution in [1.29, 1.82) is 0 Å². The number of aromatic nitrogens is 1. The molecular formula is C15H19N3O. The van der Waals surface area contributed by atoms with Crippen LogP contribution in [0, 0.1) is 6.92 Å². The molecule has 1 aromatic carbocycles. The van der Waals surface area contributed by atoms with Crippen LogP contribution in [0.5, 0.6) is 5.75 Å². The Morgan fingerprint density at radius 3 is 2.63 bits per heavy atom. The van der Waals surface area contributed by atoms with Crippen LogP contribution < -0.4 is 15.8 Å². The van der Waals surface area contributed by atoms with Crippen molar-refractivity contribution >= 4 is 11.5 Å². The van der Waals surface area contributed by atoms with Gasteiger partial charge in [0.05, 0.1) is 12.8 Å². The Bertz CT molecular complexity index is 538. The first-order valence-electron chi connectivity index (χ1n) is 6.28. The van der Waals surface area contributed by atoms with E-state index in [2.05, 4.69) is 22.4 Å². The van der Waals surface area contributed by atoms with Crippen LogP contribution in [0.15, 0.2) is 36.5 Å². The standard InChI is InChI=1S/C15H19N3O/c1-11-9-14(16)15(18-10-11)17-8-7-12-3-5-13(19-2)6-4-12/h3-6,9-10H,7-8,16H2,1-2H3,(H,17,18). The summed E-state index contributed by atoms with van der Waals surface area (Å²) in [6.07, 6.45) is 2.73. The van der Waals surface area contributed by atoms with E-state index in [1.165, 1.54) is 5.56 Å². The molecule has 4 nitrogen and oxygen atoms in total. The second-order valence-electron chi connectivity index (χ2n) is 4.48. The van der Waals surface area contributed by atoms with E-state index in [-0.39, 0.29) is 0 Å². The maximum atomic E-state index is 5.90. The van der Waals surface area contributed by atoms with Crippen molar-refractivity contribution in [2.75, 3.05) is 24.7 Å². The number of nitrogens with zero attached hydrogens (tertiary/aromatic N) is 1. The monoisotopic (exact) mass is 257 g/mol. The van der Waals surface area contributed by atoms with Crippen LogP contribution in [0.3, 0.4) is 0 Å². The second kappa shape index (κ2) is 6.09. The van der Waals surface area contributed by atoms with Gasteiger partial charge in [-0.1, -0.05) is 12.1 Å². The lowest BCUT2D eigenvalue weighted by Crippen LogP contribution is -2.08. The highest BCUT2D eigenvalue weighted by Crippen LogP contribution is 2.16. The smallest absolute Gasteiger partial charge is 0.149 e. The Morgan fingerprint density at radius 2 is 2.00 bits per heavy atom. The Morgan fingerprint density at radius 1 is 1.26 bits per heavy atom. The van der Waals surface area contributed by atoms with Gasteiger partial charge in [-0.15, -0.1) is 0 Å². The summed E-state index contributed by atoms with van der Waals surface area (Å²) in [5, 5.41) is 3.25. The first kappa shape index (κ1) is 13.2. The predicted octanol–water partition coefficient (Wildman–Crippen LogP) is 2.64. The Balaban J connectivity index is 1.88. The Labute approximate surface area is 113 Å². The number of hydrogen-bond acceptors (Lipinski definition) is 4. The van der Waals surface area contributed by atoms with Gasteiger partial charge in [-0.2, -0.15) is 0 Å². The molecule has 0 aliphatic heterocycles. The first-order valence-corrected chi connectivity index (χ1v) is 6.28. The Hall–Kier alpha value is -2.23. The maximum Gasteiger partial charge on any atom is 0.149 e. The molecule has 0 radical (unpaired) electrons. The molecule has 0 amide bonds. The van der Waals surface area contributed by atoms with Gasteiger partial charge >= 0.3 is 0 Å². The normalized spacial score (nSPS) is 10.2. The van der Waals surface area contributed by atoms with E-state index < -0.39 is 0 Å². The molecular weight excluding hydrogens is 238 g/mol. The van der Waals surface area contributed by atoms with Crippen molar-refractivity contribution in [3.8, 4) is 5.75 Å². The van der Waals surface area contributed by atoms with Crippen LogP contribution in [0.4, 0.5) is 11.5 Å². The van der Waals surface area contributed by atoms with Gasteiger partial charge in [-0.05, 0) is 42.7 Å². The molecule has 1 aromatic heterocycles. The highest BCUT2D eigenvalue weighted by atomic mass is 16.5. The van der Waals surface area contributed by atoms with Crippen LogP contribution in [-0.4, -0.2) is 18.6 Å². The fourth-order valence-electron chi connectivity index (χ4n) is 1.86. The van der Waals surface area contributed by atoms with Crippen molar-refractivity contribution in [3.05, 3.63) is 47.7 Å². The number of rotatable bonds is 5. The summed E-state index contributed by atoms with van der Waals surface area (Å²) >= 11 is 0. The van der Waals surface area contributed by atoms with Crippen LogP contribution >= 0.6 is 0 Å². The quantitative estimate of drug-likeness (QED) is 0.864. The number of hydrogen-bond donors (Lipinski definition) is 2. The average molecular weight is 257 g/mol. The maximum absolute atomic E-state index is 5.90. The molecule has 0 aliphatic carbocycles. The lowest BCUT2D eigenvalue weighted by molar-refractivity contribution is 0.414. The molecule has 0 unspecified atom stereocenters. The minimum Gasteiger partial charge on any atom is -0.497 e. The zero-order chi connectivity index (χ0) is 13.7. The average Bonchev–Trinajstić information content (AvgIpc) is 2.42. The first-order chi connectivity index (χ1) is 9.19. The number of anilines is 2. The molecule has 0 spiro atoms. The molecule has 100 valence electrons. The molecule has 2 rings (SSSR count). The third-order valence-electron chi connectivity index (χ3n) is 2.92. The largest absolute Gasteiger partial charge is 0.497 e. The summed E-state index contributed by atoms with van der Waals surface area (Å²) in [5.41, 5.74) is 8.90. The molecule has 0 fully saturated rings. The van der Waals surface area contributed by atoms with E-state index in [0.29, 0.717) is 5.69 Å². The number of benzene rings is 1. The van der Waals surface area contributed by atoms with E-state index in [9.17, 15) is 0 Å². The molecule has 19 heavy (non-hydrogen) atoms. The van der Waals surface area contributed by atoms with Crippen LogP contribution in [0.1, 0.15) is 11.1 Å². The summed E-state index contributed by atoms with van der Waals surface area (Å²) < 4.78 is 5.13. The van der Waals surface area contributed by atoms with Gasteiger partial charge in [-0.3, -0.25) is 0 Å². The van der Waals surface area contributed by atoms with E-state index in [4.69, 9.17) is 10.5 Å². The molecule has 0 saturated carbocycles.